The van der Waals surface area contributed by atoms with Gasteiger partial charge in [0.15, 0.2) is 0 Å². The Hall–Kier alpha value is -3.08. The van der Waals surface area contributed by atoms with Crippen LogP contribution in [0.4, 0.5) is 17.1 Å². The summed E-state index contributed by atoms with van der Waals surface area (Å²) >= 11 is 5.90. The van der Waals surface area contributed by atoms with Crippen molar-refractivity contribution in [3.05, 3.63) is 83.4 Å². The summed E-state index contributed by atoms with van der Waals surface area (Å²) in [5.74, 6) is -0.576. The number of carbonyl (C=O) groups is 1. The van der Waals surface area contributed by atoms with E-state index in [0.717, 1.165) is 16.1 Å². The van der Waals surface area contributed by atoms with Crippen LogP contribution in [0.3, 0.4) is 0 Å². The van der Waals surface area contributed by atoms with E-state index in [-0.39, 0.29) is 10.3 Å². The summed E-state index contributed by atoms with van der Waals surface area (Å²) in [5, 5.41) is 3.00. The maximum atomic E-state index is 12.7. The molecular weight excluding hydrogens is 522 g/mol. The highest BCUT2D eigenvalue weighted by Gasteiger charge is 2.22. The van der Waals surface area contributed by atoms with Crippen molar-refractivity contribution in [1.82, 2.24) is 0 Å². The molecule has 0 bridgehead atoms. The number of nitrogens with one attached hydrogen (secondary N) is 2. The fraction of sp³-hybridized carbons (Fsp3) is 0.240. The van der Waals surface area contributed by atoms with Crippen molar-refractivity contribution in [3.8, 4) is 0 Å². The first-order chi connectivity index (χ1) is 16.6. The normalized spacial score (nSPS) is 12.1. The van der Waals surface area contributed by atoms with Crippen molar-refractivity contribution >= 4 is 54.6 Å². The van der Waals surface area contributed by atoms with Crippen LogP contribution in [0.2, 0.25) is 5.02 Å². The molecule has 3 aromatic carbocycles. The SMILES string of the molecule is CC(C)(C)c1ccc(N(CC(=O)Nc2ccc(S(=O)(=O)Nc3cccc(Cl)c3)cc2)S(C)(=O)=O)cc1. The molecule has 0 atom stereocenters. The van der Waals surface area contributed by atoms with Crippen molar-refractivity contribution in [2.75, 3.05) is 27.1 Å². The van der Waals surface area contributed by atoms with Crippen LogP contribution >= 0.6 is 11.6 Å². The summed E-state index contributed by atoms with van der Waals surface area (Å²) in [5.41, 5.74) is 1.93. The Morgan fingerprint density at radius 1 is 0.889 bits per heavy atom. The Bertz CT molecular complexity index is 1450. The van der Waals surface area contributed by atoms with Gasteiger partial charge >= 0.3 is 0 Å². The molecular formula is C25H28ClN3O5S2. The average molecular weight is 550 g/mol. The van der Waals surface area contributed by atoms with Gasteiger partial charge in [0, 0.05) is 10.7 Å². The van der Waals surface area contributed by atoms with Crippen LogP contribution in [-0.4, -0.2) is 35.5 Å². The average Bonchev–Trinajstić information content (AvgIpc) is 2.76. The van der Waals surface area contributed by atoms with Crippen molar-refractivity contribution < 1.29 is 21.6 Å². The maximum Gasteiger partial charge on any atom is 0.261 e. The Morgan fingerprint density at radius 2 is 1.50 bits per heavy atom. The highest BCUT2D eigenvalue weighted by molar-refractivity contribution is 7.92. The zero-order chi connectivity index (χ0) is 26.7. The van der Waals surface area contributed by atoms with Crippen LogP contribution in [0.5, 0.6) is 0 Å². The maximum absolute atomic E-state index is 12.7. The molecule has 0 saturated carbocycles. The summed E-state index contributed by atoms with van der Waals surface area (Å²) < 4.78 is 53.5. The van der Waals surface area contributed by atoms with E-state index in [1.807, 2.05) is 32.9 Å². The minimum Gasteiger partial charge on any atom is -0.325 e. The van der Waals surface area contributed by atoms with E-state index in [1.54, 1.807) is 30.3 Å². The summed E-state index contributed by atoms with van der Waals surface area (Å²) in [6, 6.07) is 18.8. The Morgan fingerprint density at radius 3 is 2.03 bits per heavy atom. The second-order valence-electron chi connectivity index (χ2n) is 9.25. The number of hydrogen-bond acceptors (Lipinski definition) is 5. The monoisotopic (exact) mass is 549 g/mol. The molecule has 36 heavy (non-hydrogen) atoms. The number of benzene rings is 3. The first kappa shape index (κ1) is 27.5. The molecule has 1 amide bonds. The standard InChI is InChI=1S/C25H28ClN3O5S2/c1-25(2,3)18-8-12-22(13-9-18)29(35(4,31)32)17-24(30)27-20-10-14-23(15-11-20)36(33,34)28-21-7-5-6-19(26)16-21/h5-16,28H,17H2,1-4H3,(H,27,30). The number of carbonyl (C=O) groups excluding carboxylic acids is 1. The van der Waals surface area contributed by atoms with E-state index in [1.165, 1.54) is 30.3 Å². The lowest BCUT2D eigenvalue weighted by Gasteiger charge is -2.24. The molecule has 0 radical (unpaired) electrons. The summed E-state index contributed by atoms with van der Waals surface area (Å²) in [6.07, 6.45) is 1.03. The van der Waals surface area contributed by atoms with E-state index in [2.05, 4.69) is 10.0 Å². The summed E-state index contributed by atoms with van der Waals surface area (Å²) in [6.45, 7) is 5.71. The quantitative estimate of drug-likeness (QED) is 0.417. The van der Waals surface area contributed by atoms with Crippen LogP contribution < -0.4 is 14.3 Å². The molecule has 0 aromatic heterocycles. The van der Waals surface area contributed by atoms with Gasteiger partial charge < -0.3 is 5.32 Å². The van der Waals surface area contributed by atoms with Crippen LogP contribution in [0.25, 0.3) is 0 Å². The van der Waals surface area contributed by atoms with E-state index in [9.17, 15) is 21.6 Å². The highest BCUT2D eigenvalue weighted by Crippen LogP contribution is 2.26. The topological polar surface area (TPSA) is 113 Å². The lowest BCUT2D eigenvalue weighted by molar-refractivity contribution is -0.114. The predicted octanol–water partition coefficient (Wildman–Crippen LogP) is 4.84. The number of halogens is 1. The van der Waals surface area contributed by atoms with Crippen molar-refractivity contribution in [2.24, 2.45) is 0 Å². The predicted molar refractivity (Wildman–Crippen MR) is 145 cm³/mol. The van der Waals surface area contributed by atoms with Crippen LogP contribution in [0.15, 0.2) is 77.7 Å². The third kappa shape index (κ3) is 7.22. The Labute approximate surface area is 217 Å². The fourth-order valence-electron chi connectivity index (χ4n) is 3.34. The van der Waals surface area contributed by atoms with Gasteiger partial charge in [-0.15, -0.1) is 0 Å². The lowest BCUT2D eigenvalue weighted by Crippen LogP contribution is -2.37. The second kappa shape index (κ2) is 10.5. The summed E-state index contributed by atoms with van der Waals surface area (Å²) in [7, 11) is -7.61. The Balaban J connectivity index is 1.71. The molecule has 0 spiro atoms. The van der Waals surface area contributed by atoms with Gasteiger partial charge in [-0.05, 0) is 65.6 Å². The lowest BCUT2D eigenvalue weighted by atomic mass is 9.87. The zero-order valence-electron chi connectivity index (χ0n) is 20.3. The van der Waals surface area contributed by atoms with Gasteiger partial charge in [-0.25, -0.2) is 16.8 Å². The number of hydrogen-bond donors (Lipinski definition) is 2. The molecule has 3 aromatic rings. The molecule has 192 valence electrons. The largest absolute Gasteiger partial charge is 0.325 e. The van der Waals surface area contributed by atoms with Crippen LogP contribution in [0.1, 0.15) is 26.3 Å². The number of nitrogens with zero attached hydrogens (tertiary/aromatic N) is 1. The zero-order valence-corrected chi connectivity index (χ0v) is 22.7. The van der Waals surface area contributed by atoms with Gasteiger partial charge in [0.25, 0.3) is 10.0 Å². The minimum atomic E-state index is -3.87. The number of amides is 1. The van der Waals surface area contributed by atoms with Crippen LogP contribution in [-0.2, 0) is 30.3 Å². The number of sulfonamides is 2. The number of rotatable bonds is 8. The third-order valence-electron chi connectivity index (χ3n) is 5.23. The fourth-order valence-corrected chi connectivity index (χ4v) is 5.44. The number of anilines is 3. The summed E-state index contributed by atoms with van der Waals surface area (Å²) in [4.78, 5) is 12.6. The van der Waals surface area contributed by atoms with Crippen molar-refractivity contribution in [2.45, 2.75) is 31.1 Å². The molecule has 0 aliphatic heterocycles. The first-order valence-corrected chi connectivity index (χ1v) is 14.6. The molecule has 0 aliphatic carbocycles. The van der Waals surface area contributed by atoms with E-state index < -0.39 is 32.5 Å². The van der Waals surface area contributed by atoms with Gasteiger partial charge in [0.2, 0.25) is 15.9 Å². The molecule has 0 unspecified atom stereocenters. The highest BCUT2D eigenvalue weighted by atomic mass is 35.5. The second-order valence-corrected chi connectivity index (χ2v) is 13.3. The van der Waals surface area contributed by atoms with Gasteiger partial charge in [0.1, 0.15) is 6.54 Å². The molecule has 11 heteroatoms. The van der Waals surface area contributed by atoms with Gasteiger partial charge in [-0.3, -0.25) is 13.8 Å². The van der Waals surface area contributed by atoms with Crippen LogP contribution in [0, 0.1) is 0 Å². The Kier molecular flexibility index (Phi) is 8.02. The molecule has 3 rings (SSSR count). The first-order valence-electron chi connectivity index (χ1n) is 10.9. The van der Waals surface area contributed by atoms with Gasteiger partial charge in [-0.2, -0.15) is 0 Å². The molecule has 0 aliphatic rings. The van der Waals surface area contributed by atoms with E-state index >= 15 is 0 Å². The minimum absolute atomic E-state index is 0.0165. The van der Waals surface area contributed by atoms with Gasteiger partial charge in [-0.1, -0.05) is 50.6 Å². The molecule has 0 heterocycles. The van der Waals surface area contributed by atoms with Gasteiger partial charge in [0.05, 0.1) is 22.5 Å². The van der Waals surface area contributed by atoms with Crippen molar-refractivity contribution in [1.29, 1.82) is 0 Å². The molecule has 2 N–H and O–H groups in total. The van der Waals surface area contributed by atoms with Crippen molar-refractivity contribution in [3.63, 3.8) is 0 Å². The third-order valence-corrected chi connectivity index (χ3v) is 8.01. The molecule has 0 saturated heterocycles. The molecule has 0 fully saturated rings. The molecule has 8 nitrogen and oxygen atoms in total. The van der Waals surface area contributed by atoms with E-state index in [0.29, 0.717) is 22.1 Å². The van der Waals surface area contributed by atoms with E-state index in [4.69, 9.17) is 11.6 Å². The smallest absolute Gasteiger partial charge is 0.261 e.